The van der Waals surface area contributed by atoms with Crippen molar-refractivity contribution in [2.45, 2.75) is 25.8 Å². The van der Waals surface area contributed by atoms with Crippen molar-refractivity contribution in [1.29, 1.82) is 0 Å². The molecule has 0 bridgehead atoms. The predicted octanol–water partition coefficient (Wildman–Crippen LogP) is 3.96. The maximum Gasteiger partial charge on any atom is 0.270 e. The van der Waals surface area contributed by atoms with Crippen LogP contribution in [0.4, 0.5) is 4.39 Å². The van der Waals surface area contributed by atoms with Gasteiger partial charge >= 0.3 is 0 Å². The van der Waals surface area contributed by atoms with Crippen molar-refractivity contribution in [1.82, 2.24) is 9.88 Å². The van der Waals surface area contributed by atoms with Crippen LogP contribution in [0.15, 0.2) is 30.5 Å². The Bertz CT molecular complexity index is 712. The van der Waals surface area contributed by atoms with Gasteiger partial charge in [0.15, 0.2) is 0 Å². The second-order valence-corrected chi connectivity index (χ2v) is 6.43. The fourth-order valence-corrected chi connectivity index (χ4v) is 2.90. The molecule has 2 aromatic rings. The number of aromatic nitrogens is 1. The number of amides is 1. The van der Waals surface area contributed by atoms with Crippen LogP contribution in [0.5, 0.6) is 5.75 Å². The average molecular weight is 337 g/mol. The summed E-state index contributed by atoms with van der Waals surface area (Å²) in [7, 11) is 0. The molecule has 1 amide bonds. The van der Waals surface area contributed by atoms with Crippen molar-refractivity contribution in [2.24, 2.45) is 5.92 Å². The molecule has 1 heterocycles. The van der Waals surface area contributed by atoms with E-state index in [9.17, 15) is 14.3 Å². The molecule has 0 atom stereocenters. The van der Waals surface area contributed by atoms with Crippen LogP contribution in [0, 0.1) is 11.7 Å². The largest absolute Gasteiger partial charge is 0.508 e. The van der Waals surface area contributed by atoms with Gasteiger partial charge in [-0.2, -0.15) is 0 Å². The minimum atomic E-state index is -0.513. The van der Waals surface area contributed by atoms with Crippen molar-refractivity contribution in [2.75, 3.05) is 6.54 Å². The SMILES string of the molecule is O=C(c1cc(Cl)c[nH]1)N(Cc1ccc(O)cc1F)CC1CCC1. The molecule has 0 spiro atoms. The molecule has 3 rings (SSSR count). The number of nitrogens with one attached hydrogen (secondary N) is 1. The molecule has 0 unspecified atom stereocenters. The maximum absolute atomic E-state index is 14.0. The molecule has 0 saturated heterocycles. The third-order valence-corrected chi connectivity index (χ3v) is 4.48. The lowest BCUT2D eigenvalue weighted by Gasteiger charge is -2.32. The quantitative estimate of drug-likeness (QED) is 0.868. The molecule has 0 radical (unpaired) electrons. The lowest BCUT2D eigenvalue weighted by Crippen LogP contribution is -2.37. The smallest absolute Gasteiger partial charge is 0.270 e. The fourth-order valence-electron chi connectivity index (χ4n) is 2.74. The van der Waals surface area contributed by atoms with Gasteiger partial charge in [0.2, 0.25) is 0 Å². The fraction of sp³-hybridized carbons (Fsp3) is 0.353. The molecule has 23 heavy (non-hydrogen) atoms. The van der Waals surface area contributed by atoms with E-state index in [2.05, 4.69) is 4.98 Å². The van der Waals surface area contributed by atoms with E-state index in [-0.39, 0.29) is 18.2 Å². The number of phenols is 1. The Morgan fingerprint density at radius 2 is 2.17 bits per heavy atom. The number of aromatic amines is 1. The van der Waals surface area contributed by atoms with Gasteiger partial charge in [-0.1, -0.05) is 24.1 Å². The Morgan fingerprint density at radius 3 is 2.74 bits per heavy atom. The molecule has 2 N–H and O–H groups in total. The Labute approximate surface area is 138 Å². The molecule has 0 aliphatic heterocycles. The third kappa shape index (κ3) is 3.67. The Morgan fingerprint density at radius 1 is 1.39 bits per heavy atom. The number of phenolic OH excluding ortho intramolecular Hbond substituents is 1. The maximum atomic E-state index is 14.0. The summed E-state index contributed by atoms with van der Waals surface area (Å²) in [5, 5.41) is 9.78. The van der Waals surface area contributed by atoms with Gasteiger partial charge in [0, 0.05) is 30.9 Å². The topological polar surface area (TPSA) is 56.3 Å². The van der Waals surface area contributed by atoms with Crippen molar-refractivity contribution >= 4 is 17.5 Å². The molecule has 1 aromatic carbocycles. The standard InChI is InChI=1S/C17H18ClFN2O2/c18-13-6-16(20-8-13)17(23)21(9-11-2-1-3-11)10-12-4-5-14(22)7-15(12)19/h4-8,11,20,22H,1-3,9-10H2. The number of nitrogens with zero attached hydrogens (tertiary/aromatic N) is 1. The van der Waals surface area contributed by atoms with E-state index in [0.29, 0.717) is 28.7 Å². The van der Waals surface area contributed by atoms with Crippen LogP contribution in [0.25, 0.3) is 0 Å². The highest BCUT2D eigenvalue weighted by Crippen LogP contribution is 2.29. The minimum absolute atomic E-state index is 0.126. The van der Waals surface area contributed by atoms with E-state index in [1.807, 2.05) is 0 Å². The van der Waals surface area contributed by atoms with E-state index < -0.39 is 5.82 Å². The molecule has 122 valence electrons. The molecule has 1 aromatic heterocycles. The zero-order chi connectivity index (χ0) is 16.4. The zero-order valence-corrected chi connectivity index (χ0v) is 13.3. The molecule has 4 nitrogen and oxygen atoms in total. The van der Waals surface area contributed by atoms with E-state index >= 15 is 0 Å². The first kappa shape index (κ1) is 15.9. The highest BCUT2D eigenvalue weighted by atomic mass is 35.5. The summed E-state index contributed by atoms with van der Waals surface area (Å²) in [6.45, 7) is 0.758. The zero-order valence-electron chi connectivity index (χ0n) is 12.6. The highest BCUT2D eigenvalue weighted by molar-refractivity contribution is 6.30. The van der Waals surface area contributed by atoms with E-state index in [4.69, 9.17) is 11.6 Å². The monoisotopic (exact) mass is 336 g/mol. The van der Waals surface area contributed by atoms with Gasteiger partial charge < -0.3 is 15.0 Å². The Hall–Kier alpha value is -2.01. The normalized spacial score (nSPS) is 14.5. The van der Waals surface area contributed by atoms with Crippen LogP contribution < -0.4 is 0 Å². The number of carbonyl (C=O) groups excluding carboxylic acids is 1. The van der Waals surface area contributed by atoms with E-state index in [1.165, 1.54) is 18.6 Å². The second kappa shape index (κ2) is 6.62. The van der Waals surface area contributed by atoms with Crippen molar-refractivity contribution in [3.8, 4) is 5.75 Å². The van der Waals surface area contributed by atoms with Gasteiger partial charge in [-0.25, -0.2) is 4.39 Å². The Balaban J connectivity index is 1.81. The van der Waals surface area contributed by atoms with Crippen molar-refractivity contribution in [3.63, 3.8) is 0 Å². The van der Waals surface area contributed by atoms with Gasteiger partial charge in [-0.3, -0.25) is 4.79 Å². The lowest BCUT2D eigenvalue weighted by molar-refractivity contribution is 0.0672. The van der Waals surface area contributed by atoms with Gasteiger partial charge in [0.1, 0.15) is 17.3 Å². The summed E-state index contributed by atoms with van der Waals surface area (Å²) in [6, 6.07) is 5.57. The number of hydrogen-bond acceptors (Lipinski definition) is 2. The van der Waals surface area contributed by atoms with Crippen LogP contribution in [0.3, 0.4) is 0 Å². The van der Waals surface area contributed by atoms with Crippen LogP contribution in [-0.4, -0.2) is 27.4 Å². The summed E-state index contributed by atoms with van der Waals surface area (Å²) >= 11 is 5.87. The Kier molecular flexibility index (Phi) is 4.57. The summed E-state index contributed by atoms with van der Waals surface area (Å²) in [6.07, 6.45) is 4.91. The average Bonchev–Trinajstić information content (AvgIpc) is 2.89. The number of hydrogen-bond donors (Lipinski definition) is 2. The lowest BCUT2D eigenvalue weighted by atomic mass is 9.85. The number of rotatable bonds is 5. The molecule has 1 fully saturated rings. The molecule has 6 heteroatoms. The van der Waals surface area contributed by atoms with Crippen LogP contribution in [-0.2, 0) is 6.54 Å². The molecular weight excluding hydrogens is 319 g/mol. The first-order valence-corrected chi connectivity index (χ1v) is 8.01. The first-order valence-electron chi connectivity index (χ1n) is 7.63. The molecule has 1 saturated carbocycles. The summed E-state index contributed by atoms with van der Waals surface area (Å²) < 4.78 is 14.0. The third-order valence-electron chi connectivity index (χ3n) is 4.27. The highest BCUT2D eigenvalue weighted by Gasteiger charge is 2.26. The van der Waals surface area contributed by atoms with Crippen LogP contribution in [0.2, 0.25) is 5.02 Å². The minimum Gasteiger partial charge on any atom is -0.508 e. The number of benzene rings is 1. The molecule has 1 aliphatic rings. The van der Waals surface area contributed by atoms with Crippen molar-refractivity contribution < 1.29 is 14.3 Å². The molecular formula is C17H18ClFN2O2. The van der Waals surface area contributed by atoms with E-state index in [1.54, 1.807) is 17.2 Å². The van der Waals surface area contributed by atoms with Gasteiger partial charge in [-0.15, -0.1) is 0 Å². The van der Waals surface area contributed by atoms with Crippen LogP contribution >= 0.6 is 11.6 Å². The van der Waals surface area contributed by atoms with Gasteiger partial charge in [-0.05, 0) is 30.9 Å². The van der Waals surface area contributed by atoms with Crippen LogP contribution in [0.1, 0.15) is 35.3 Å². The molecule has 1 aliphatic carbocycles. The van der Waals surface area contributed by atoms with E-state index in [0.717, 1.165) is 18.9 Å². The number of aromatic hydroxyl groups is 1. The number of H-pyrrole nitrogens is 1. The number of halogens is 2. The number of carbonyl (C=O) groups is 1. The predicted molar refractivity (Wildman–Crippen MR) is 85.9 cm³/mol. The summed E-state index contributed by atoms with van der Waals surface area (Å²) in [5.74, 6) is -0.374. The van der Waals surface area contributed by atoms with Gasteiger partial charge in [0.05, 0.1) is 5.02 Å². The van der Waals surface area contributed by atoms with Gasteiger partial charge in [0.25, 0.3) is 5.91 Å². The van der Waals surface area contributed by atoms with Crippen molar-refractivity contribution in [3.05, 3.63) is 52.6 Å². The summed E-state index contributed by atoms with van der Waals surface area (Å²) in [4.78, 5) is 17.2. The summed E-state index contributed by atoms with van der Waals surface area (Å²) in [5.41, 5.74) is 0.779. The first-order chi connectivity index (χ1) is 11.0. The second-order valence-electron chi connectivity index (χ2n) is 5.99.